The van der Waals surface area contributed by atoms with E-state index in [0.29, 0.717) is 5.82 Å². The SMILES string of the molecule is CCCc1cc(NOCC(=O)O)ncn1. The van der Waals surface area contributed by atoms with Crippen molar-refractivity contribution in [3.05, 3.63) is 18.1 Å². The molecule has 6 nitrogen and oxygen atoms in total. The van der Waals surface area contributed by atoms with Crippen LogP contribution in [0.2, 0.25) is 0 Å². The van der Waals surface area contributed by atoms with Gasteiger partial charge in [-0.3, -0.25) is 4.84 Å². The third-order valence-electron chi connectivity index (χ3n) is 1.60. The van der Waals surface area contributed by atoms with Crippen molar-refractivity contribution < 1.29 is 14.7 Å². The number of aryl methyl sites for hydroxylation is 1. The lowest BCUT2D eigenvalue weighted by Crippen LogP contribution is -2.12. The van der Waals surface area contributed by atoms with Crippen molar-refractivity contribution in [1.29, 1.82) is 0 Å². The number of nitrogens with one attached hydrogen (secondary N) is 1. The zero-order valence-corrected chi connectivity index (χ0v) is 8.43. The molecule has 1 aromatic heterocycles. The monoisotopic (exact) mass is 211 g/mol. The summed E-state index contributed by atoms with van der Waals surface area (Å²) < 4.78 is 0. The average Bonchev–Trinajstić information content (AvgIpc) is 2.18. The Hall–Kier alpha value is -1.69. The predicted molar refractivity (Wildman–Crippen MR) is 53.2 cm³/mol. The van der Waals surface area contributed by atoms with Gasteiger partial charge in [0.05, 0.1) is 0 Å². The predicted octanol–water partition coefficient (Wildman–Crippen LogP) is 0.857. The number of carbonyl (C=O) groups is 1. The normalized spacial score (nSPS) is 9.93. The van der Waals surface area contributed by atoms with Crippen molar-refractivity contribution in [2.24, 2.45) is 0 Å². The molecule has 0 aliphatic rings. The molecule has 15 heavy (non-hydrogen) atoms. The van der Waals surface area contributed by atoms with Crippen LogP contribution in [0.15, 0.2) is 12.4 Å². The van der Waals surface area contributed by atoms with Gasteiger partial charge in [-0.2, -0.15) is 0 Å². The first-order valence-corrected chi connectivity index (χ1v) is 4.63. The van der Waals surface area contributed by atoms with Crippen molar-refractivity contribution in [3.63, 3.8) is 0 Å². The fourth-order valence-electron chi connectivity index (χ4n) is 1.02. The van der Waals surface area contributed by atoms with Crippen LogP contribution in [-0.4, -0.2) is 27.7 Å². The minimum Gasteiger partial charge on any atom is -0.479 e. The number of anilines is 1. The second-order valence-electron chi connectivity index (χ2n) is 2.93. The van der Waals surface area contributed by atoms with Gasteiger partial charge in [-0.15, -0.1) is 0 Å². The maximum absolute atomic E-state index is 10.2. The molecular weight excluding hydrogens is 198 g/mol. The first-order valence-electron chi connectivity index (χ1n) is 4.63. The van der Waals surface area contributed by atoms with Gasteiger partial charge >= 0.3 is 5.97 Å². The number of hydrogen-bond donors (Lipinski definition) is 2. The second kappa shape index (κ2) is 5.92. The van der Waals surface area contributed by atoms with Crippen molar-refractivity contribution in [1.82, 2.24) is 9.97 Å². The Balaban J connectivity index is 2.46. The summed E-state index contributed by atoms with van der Waals surface area (Å²) in [6.07, 6.45) is 3.26. The number of carboxylic acid groups (broad SMARTS) is 1. The van der Waals surface area contributed by atoms with Gasteiger partial charge in [-0.25, -0.2) is 20.2 Å². The van der Waals surface area contributed by atoms with E-state index in [1.54, 1.807) is 6.07 Å². The minimum absolute atomic E-state index is 0.410. The maximum Gasteiger partial charge on any atom is 0.332 e. The first kappa shape index (κ1) is 11.4. The molecule has 0 unspecified atom stereocenters. The van der Waals surface area contributed by atoms with Crippen LogP contribution in [-0.2, 0) is 16.1 Å². The zero-order chi connectivity index (χ0) is 11.1. The fraction of sp³-hybridized carbons (Fsp3) is 0.444. The molecule has 0 aliphatic carbocycles. The van der Waals surface area contributed by atoms with Crippen molar-refractivity contribution in [2.75, 3.05) is 12.1 Å². The molecule has 0 amide bonds. The molecule has 0 fully saturated rings. The van der Waals surface area contributed by atoms with Crippen LogP contribution in [0, 0.1) is 0 Å². The molecule has 1 heterocycles. The Labute approximate surface area is 87.3 Å². The molecule has 0 aromatic carbocycles. The lowest BCUT2D eigenvalue weighted by Gasteiger charge is -2.04. The Morgan fingerprint density at radius 1 is 1.60 bits per heavy atom. The lowest BCUT2D eigenvalue weighted by atomic mass is 10.2. The molecule has 0 aliphatic heterocycles. The van der Waals surface area contributed by atoms with E-state index >= 15 is 0 Å². The van der Waals surface area contributed by atoms with Crippen molar-refractivity contribution >= 4 is 11.8 Å². The van der Waals surface area contributed by atoms with Crippen LogP contribution in [0.5, 0.6) is 0 Å². The molecule has 0 saturated carbocycles. The van der Waals surface area contributed by atoms with Crippen molar-refractivity contribution in [3.8, 4) is 0 Å². The maximum atomic E-state index is 10.2. The number of rotatable bonds is 6. The van der Waals surface area contributed by atoms with Crippen LogP contribution in [0.4, 0.5) is 5.82 Å². The summed E-state index contributed by atoms with van der Waals surface area (Å²) in [4.78, 5) is 22.8. The van der Waals surface area contributed by atoms with Crippen LogP contribution < -0.4 is 5.48 Å². The van der Waals surface area contributed by atoms with Crippen LogP contribution >= 0.6 is 0 Å². The van der Waals surface area contributed by atoms with E-state index in [-0.39, 0.29) is 0 Å². The third kappa shape index (κ3) is 4.37. The van der Waals surface area contributed by atoms with Gasteiger partial charge in [0.2, 0.25) is 0 Å². The van der Waals surface area contributed by atoms with Gasteiger partial charge in [-0.1, -0.05) is 13.3 Å². The van der Waals surface area contributed by atoms with E-state index in [2.05, 4.69) is 27.2 Å². The standard InChI is InChI=1S/C9H13N3O3/c1-2-3-7-4-8(11-6-10-7)12-15-5-9(13)14/h4,6H,2-3,5H2,1H3,(H,13,14)(H,10,11,12). The van der Waals surface area contributed by atoms with E-state index in [9.17, 15) is 4.79 Å². The number of aromatic nitrogens is 2. The van der Waals surface area contributed by atoms with E-state index in [1.165, 1.54) is 6.33 Å². The van der Waals surface area contributed by atoms with E-state index in [1.807, 2.05) is 0 Å². The van der Waals surface area contributed by atoms with Crippen LogP contribution in [0.25, 0.3) is 0 Å². The topological polar surface area (TPSA) is 84.3 Å². The Morgan fingerprint density at radius 2 is 2.40 bits per heavy atom. The second-order valence-corrected chi connectivity index (χ2v) is 2.93. The van der Waals surface area contributed by atoms with Gasteiger partial charge in [0.15, 0.2) is 12.4 Å². The molecule has 82 valence electrons. The molecule has 0 saturated heterocycles. The van der Waals surface area contributed by atoms with Gasteiger partial charge in [-0.05, 0) is 6.42 Å². The Kier molecular flexibility index (Phi) is 4.49. The number of hydrogen-bond acceptors (Lipinski definition) is 5. The van der Waals surface area contributed by atoms with E-state index in [0.717, 1.165) is 18.5 Å². The van der Waals surface area contributed by atoms with E-state index in [4.69, 9.17) is 5.11 Å². The number of nitrogens with zero attached hydrogens (tertiary/aromatic N) is 2. The molecule has 0 radical (unpaired) electrons. The summed E-state index contributed by atoms with van der Waals surface area (Å²) in [5.74, 6) is -0.569. The van der Waals surface area contributed by atoms with Gasteiger partial charge in [0, 0.05) is 11.8 Å². The highest BCUT2D eigenvalue weighted by molar-refractivity contribution is 5.68. The molecule has 6 heteroatoms. The third-order valence-corrected chi connectivity index (χ3v) is 1.60. The van der Waals surface area contributed by atoms with Gasteiger partial charge in [0.25, 0.3) is 0 Å². The largest absolute Gasteiger partial charge is 0.479 e. The molecular formula is C9H13N3O3. The quantitative estimate of drug-likeness (QED) is 0.679. The molecule has 0 spiro atoms. The summed E-state index contributed by atoms with van der Waals surface area (Å²) >= 11 is 0. The number of aliphatic carboxylic acids is 1. The Bertz CT molecular complexity index is 330. The van der Waals surface area contributed by atoms with Gasteiger partial charge < -0.3 is 5.11 Å². The molecule has 0 atom stereocenters. The fourth-order valence-corrected chi connectivity index (χ4v) is 1.02. The lowest BCUT2D eigenvalue weighted by molar-refractivity contribution is -0.141. The average molecular weight is 211 g/mol. The highest BCUT2D eigenvalue weighted by atomic mass is 16.7. The molecule has 0 bridgehead atoms. The van der Waals surface area contributed by atoms with Crippen LogP contribution in [0.3, 0.4) is 0 Å². The van der Waals surface area contributed by atoms with Gasteiger partial charge in [0.1, 0.15) is 6.33 Å². The minimum atomic E-state index is -1.04. The summed E-state index contributed by atoms with van der Waals surface area (Å²) in [6, 6.07) is 1.73. The smallest absolute Gasteiger partial charge is 0.332 e. The zero-order valence-electron chi connectivity index (χ0n) is 8.43. The first-order chi connectivity index (χ1) is 7.22. The highest BCUT2D eigenvalue weighted by Gasteiger charge is 1.99. The number of carboxylic acids is 1. The summed E-state index contributed by atoms with van der Waals surface area (Å²) in [5.41, 5.74) is 3.34. The van der Waals surface area contributed by atoms with E-state index < -0.39 is 12.6 Å². The summed E-state index contributed by atoms with van der Waals surface area (Å²) in [6.45, 7) is 1.64. The molecule has 1 aromatic rings. The molecule has 1 rings (SSSR count). The Morgan fingerprint density at radius 3 is 3.07 bits per heavy atom. The van der Waals surface area contributed by atoms with Crippen LogP contribution in [0.1, 0.15) is 19.0 Å². The molecule has 2 N–H and O–H groups in total. The summed E-state index contributed by atoms with van der Waals surface area (Å²) in [7, 11) is 0. The summed E-state index contributed by atoms with van der Waals surface area (Å²) in [5, 5.41) is 8.33. The van der Waals surface area contributed by atoms with Crippen molar-refractivity contribution in [2.45, 2.75) is 19.8 Å². The highest BCUT2D eigenvalue weighted by Crippen LogP contribution is 2.05.